The fourth-order valence-electron chi connectivity index (χ4n) is 2.08. The Morgan fingerprint density at radius 3 is 2.39 bits per heavy atom. The fraction of sp³-hybridized carbons (Fsp3) is 0.267. The van der Waals surface area contributed by atoms with Crippen LogP contribution < -0.4 is 5.32 Å². The molecule has 2 rings (SSSR count). The molecule has 0 fully saturated rings. The van der Waals surface area contributed by atoms with Crippen molar-refractivity contribution in [1.29, 1.82) is 0 Å². The summed E-state index contributed by atoms with van der Waals surface area (Å²) >= 11 is 11.9. The number of hydrogen-bond acceptors (Lipinski definition) is 3. The first kappa shape index (κ1) is 17.3. The van der Waals surface area contributed by atoms with Gasteiger partial charge in [-0.2, -0.15) is 5.10 Å². The molecule has 0 saturated carbocycles. The Bertz CT molecular complexity index is 741. The molecule has 1 heterocycles. The Morgan fingerprint density at radius 1 is 1.30 bits per heavy atom. The van der Waals surface area contributed by atoms with Gasteiger partial charge in [-0.05, 0) is 24.6 Å². The summed E-state index contributed by atoms with van der Waals surface area (Å²) in [6.07, 6.45) is -0.267. The van der Waals surface area contributed by atoms with E-state index >= 15 is 0 Å². The number of nitrogens with zero attached hydrogens (tertiary/aromatic N) is 2. The van der Waals surface area contributed by atoms with Crippen molar-refractivity contribution in [2.24, 2.45) is 7.05 Å². The highest BCUT2D eigenvalue weighted by Gasteiger charge is 2.23. The molecule has 1 aromatic carbocycles. The van der Waals surface area contributed by atoms with Crippen molar-refractivity contribution in [1.82, 2.24) is 15.1 Å². The molecule has 0 saturated heterocycles. The minimum Gasteiger partial charge on any atom is -0.481 e. The highest BCUT2D eigenvalue weighted by Crippen LogP contribution is 2.23. The number of carbonyl (C=O) groups excluding carboxylic acids is 1. The molecule has 0 aliphatic rings. The van der Waals surface area contributed by atoms with Crippen LogP contribution in [0.1, 0.15) is 34.2 Å². The number of nitrogens with one attached hydrogen (secondary N) is 1. The van der Waals surface area contributed by atoms with Crippen LogP contribution in [0.4, 0.5) is 0 Å². The van der Waals surface area contributed by atoms with Crippen molar-refractivity contribution in [3.63, 3.8) is 0 Å². The van der Waals surface area contributed by atoms with Gasteiger partial charge < -0.3 is 10.4 Å². The summed E-state index contributed by atoms with van der Waals surface area (Å²) in [4.78, 5) is 23.4. The van der Waals surface area contributed by atoms with Gasteiger partial charge in [-0.3, -0.25) is 14.3 Å². The van der Waals surface area contributed by atoms with Gasteiger partial charge in [0.05, 0.1) is 23.2 Å². The SMILES string of the molecule is Cc1c(Cl)c(C(=O)N[C@@H](CC(=O)O)c2ccc(Cl)cc2)nn1C. The third kappa shape index (κ3) is 4.03. The normalized spacial score (nSPS) is 12.0. The van der Waals surface area contributed by atoms with Crippen LogP contribution in [-0.4, -0.2) is 26.8 Å². The number of rotatable bonds is 5. The average molecular weight is 356 g/mol. The van der Waals surface area contributed by atoms with Gasteiger partial charge in [0, 0.05) is 12.1 Å². The molecule has 2 N–H and O–H groups in total. The molecule has 1 aromatic heterocycles. The Hall–Kier alpha value is -2.05. The molecule has 2 aromatic rings. The second-order valence-corrected chi connectivity index (χ2v) is 5.86. The molecule has 8 heteroatoms. The van der Waals surface area contributed by atoms with E-state index in [9.17, 15) is 9.59 Å². The zero-order valence-corrected chi connectivity index (χ0v) is 14.0. The molecular weight excluding hydrogens is 341 g/mol. The summed E-state index contributed by atoms with van der Waals surface area (Å²) in [6.45, 7) is 1.74. The topological polar surface area (TPSA) is 84.2 Å². The van der Waals surface area contributed by atoms with Crippen LogP contribution in [0, 0.1) is 6.92 Å². The van der Waals surface area contributed by atoms with Crippen LogP contribution in [-0.2, 0) is 11.8 Å². The first-order valence-electron chi connectivity index (χ1n) is 6.76. The maximum atomic E-state index is 12.4. The van der Waals surface area contributed by atoms with Crippen LogP contribution >= 0.6 is 23.2 Å². The predicted molar refractivity (Wildman–Crippen MR) is 86.9 cm³/mol. The fourth-order valence-corrected chi connectivity index (χ4v) is 2.45. The minimum atomic E-state index is -1.03. The van der Waals surface area contributed by atoms with Gasteiger partial charge in [0.25, 0.3) is 5.91 Å². The molecule has 0 radical (unpaired) electrons. The van der Waals surface area contributed by atoms with Crippen LogP contribution in [0.3, 0.4) is 0 Å². The Labute approximate surface area is 143 Å². The molecule has 0 unspecified atom stereocenters. The van der Waals surface area contributed by atoms with Gasteiger partial charge in [0.1, 0.15) is 0 Å². The number of carboxylic acids is 1. The van der Waals surface area contributed by atoms with Gasteiger partial charge in [-0.25, -0.2) is 0 Å². The quantitative estimate of drug-likeness (QED) is 0.863. The number of amides is 1. The summed E-state index contributed by atoms with van der Waals surface area (Å²) < 4.78 is 1.49. The number of carbonyl (C=O) groups is 2. The predicted octanol–water partition coefficient (Wildman–Crippen LogP) is 2.98. The summed E-state index contributed by atoms with van der Waals surface area (Å²) in [6, 6.07) is 5.89. The number of aryl methyl sites for hydroxylation is 1. The molecule has 122 valence electrons. The van der Waals surface area contributed by atoms with Crippen LogP contribution in [0.25, 0.3) is 0 Å². The second kappa shape index (κ2) is 7.02. The van der Waals surface area contributed by atoms with Crippen LogP contribution in [0.2, 0.25) is 10.0 Å². The first-order chi connectivity index (χ1) is 10.8. The van der Waals surface area contributed by atoms with Crippen molar-refractivity contribution in [3.8, 4) is 0 Å². The van der Waals surface area contributed by atoms with Gasteiger partial charge in [0.2, 0.25) is 0 Å². The third-order valence-electron chi connectivity index (χ3n) is 3.43. The molecule has 1 atom stereocenters. The maximum Gasteiger partial charge on any atom is 0.305 e. The number of aliphatic carboxylic acids is 1. The lowest BCUT2D eigenvalue weighted by Gasteiger charge is -2.17. The molecule has 6 nitrogen and oxygen atoms in total. The van der Waals surface area contributed by atoms with E-state index in [4.69, 9.17) is 28.3 Å². The van der Waals surface area contributed by atoms with E-state index in [1.54, 1.807) is 38.2 Å². The molecule has 0 bridgehead atoms. The molecular formula is C15H15Cl2N3O3. The third-order valence-corrected chi connectivity index (χ3v) is 4.14. The van der Waals surface area contributed by atoms with Crippen molar-refractivity contribution in [2.45, 2.75) is 19.4 Å². The van der Waals surface area contributed by atoms with E-state index < -0.39 is 17.9 Å². The standard InChI is InChI=1S/C15H15Cl2N3O3/c1-8-13(17)14(19-20(8)2)15(23)18-11(7-12(21)22)9-3-5-10(16)6-4-9/h3-6,11H,7H2,1-2H3,(H,18,23)(H,21,22)/t11-/m0/s1. The van der Waals surface area contributed by atoms with Crippen LogP contribution in [0.5, 0.6) is 0 Å². The van der Waals surface area contributed by atoms with Crippen molar-refractivity contribution < 1.29 is 14.7 Å². The summed E-state index contributed by atoms with van der Waals surface area (Å²) in [5, 5.41) is 16.5. The minimum absolute atomic E-state index is 0.0658. The second-order valence-electron chi connectivity index (χ2n) is 5.05. The Balaban J connectivity index is 2.26. The van der Waals surface area contributed by atoms with Crippen molar-refractivity contribution in [3.05, 3.63) is 51.3 Å². The number of benzene rings is 1. The monoisotopic (exact) mass is 355 g/mol. The number of hydrogen-bond donors (Lipinski definition) is 2. The summed E-state index contributed by atoms with van der Waals surface area (Å²) in [7, 11) is 1.67. The van der Waals surface area contributed by atoms with Gasteiger partial charge in [0.15, 0.2) is 5.69 Å². The number of halogens is 2. The van der Waals surface area contributed by atoms with Crippen molar-refractivity contribution in [2.75, 3.05) is 0 Å². The van der Waals surface area contributed by atoms with Gasteiger partial charge in [-0.15, -0.1) is 0 Å². The maximum absolute atomic E-state index is 12.4. The number of aromatic nitrogens is 2. The number of carboxylic acid groups (broad SMARTS) is 1. The first-order valence-corrected chi connectivity index (χ1v) is 7.52. The lowest BCUT2D eigenvalue weighted by molar-refractivity contribution is -0.137. The highest BCUT2D eigenvalue weighted by molar-refractivity contribution is 6.34. The molecule has 0 aliphatic carbocycles. The van der Waals surface area contributed by atoms with E-state index in [2.05, 4.69) is 10.4 Å². The zero-order chi connectivity index (χ0) is 17.1. The van der Waals surface area contributed by atoms with E-state index in [1.165, 1.54) is 4.68 Å². The average Bonchev–Trinajstić information content (AvgIpc) is 2.74. The largest absolute Gasteiger partial charge is 0.481 e. The Morgan fingerprint density at radius 2 is 1.91 bits per heavy atom. The van der Waals surface area contributed by atoms with E-state index in [1.807, 2.05) is 0 Å². The smallest absolute Gasteiger partial charge is 0.305 e. The van der Waals surface area contributed by atoms with Gasteiger partial charge in [-0.1, -0.05) is 35.3 Å². The molecule has 23 heavy (non-hydrogen) atoms. The van der Waals surface area contributed by atoms with Gasteiger partial charge >= 0.3 is 5.97 Å². The van der Waals surface area contributed by atoms with E-state index in [0.29, 0.717) is 16.3 Å². The van der Waals surface area contributed by atoms with E-state index in [0.717, 1.165) is 0 Å². The van der Waals surface area contributed by atoms with E-state index in [-0.39, 0.29) is 17.1 Å². The van der Waals surface area contributed by atoms with Crippen LogP contribution in [0.15, 0.2) is 24.3 Å². The zero-order valence-electron chi connectivity index (χ0n) is 12.5. The highest BCUT2D eigenvalue weighted by atomic mass is 35.5. The molecule has 1 amide bonds. The lowest BCUT2D eigenvalue weighted by atomic mass is 10.0. The molecule has 0 aliphatic heterocycles. The summed E-state index contributed by atoms with van der Waals surface area (Å²) in [5.74, 6) is -1.56. The Kier molecular flexibility index (Phi) is 5.28. The van der Waals surface area contributed by atoms with Crippen molar-refractivity contribution >= 4 is 35.1 Å². The molecule has 0 spiro atoms. The summed E-state index contributed by atoms with van der Waals surface area (Å²) in [5.41, 5.74) is 1.35. The lowest BCUT2D eigenvalue weighted by Crippen LogP contribution is -2.30.